The molecule has 0 radical (unpaired) electrons. The molecular weight excluding hydrogens is 278 g/mol. The van der Waals surface area contributed by atoms with Gasteiger partial charge in [-0.25, -0.2) is 9.97 Å². The quantitative estimate of drug-likeness (QED) is 0.874. The van der Waals surface area contributed by atoms with Crippen molar-refractivity contribution in [2.24, 2.45) is 11.7 Å². The average molecular weight is 299 g/mol. The Balaban J connectivity index is 1.61. The SMILES string of the molecule is N[C@@H]1CCC[C@H]1CC(=O)NCc1cccnc1-n1ccnc1. The fraction of sp³-hybridized carbons (Fsp3) is 0.438. The monoisotopic (exact) mass is 299 g/mol. The van der Waals surface area contributed by atoms with E-state index in [1.54, 1.807) is 18.7 Å². The summed E-state index contributed by atoms with van der Waals surface area (Å²) in [5.41, 5.74) is 6.99. The Morgan fingerprint density at radius 1 is 1.41 bits per heavy atom. The summed E-state index contributed by atoms with van der Waals surface area (Å²) >= 11 is 0. The molecule has 0 bridgehead atoms. The molecule has 3 rings (SSSR count). The third kappa shape index (κ3) is 3.33. The van der Waals surface area contributed by atoms with Crippen molar-refractivity contribution in [3.05, 3.63) is 42.6 Å². The summed E-state index contributed by atoms with van der Waals surface area (Å²) in [5.74, 6) is 1.17. The number of carbonyl (C=O) groups excluding carboxylic acids is 1. The van der Waals surface area contributed by atoms with E-state index >= 15 is 0 Å². The Morgan fingerprint density at radius 3 is 3.05 bits per heavy atom. The molecule has 2 aromatic rings. The number of nitrogens with two attached hydrogens (primary N) is 1. The van der Waals surface area contributed by atoms with E-state index in [2.05, 4.69) is 15.3 Å². The van der Waals surface area contributed by atoms with Crippen LogP contribution in [-0.4, -0.2) is 26.5 Å². The number of pyridine rings is 1. The third-order valence-corrected chi connectivity index (χ3v) is 4.26. The summed E-state index contributed by atoms with van der Waals surface area (Å²) in [5, 5.41) is 2.98. The molecular formula is C16H21N5O. The zero-order chi connectivity index (χ0) is 15.4. The lowest BCUT2D eigenvalue weighted by Crippen LogP contribution is -2.31. The Morgan fingerprint density at radius 2 is 2.32 bits per heavy atom. The zero-order valence-electron chi connectivity index (χ0n) is 12.5. The van der Waals surface area contributed by atoms with E-state index in [1.165, 1.54) is 0 Å². The second-order valence-corrected chi connectivity index (χ2v) is 5.79. The lowest BCUT2D eigenvalue weighted by Gasteiger charge is -2.15. The van der Waals surface area contributed by atoms with Crippen molar-refractivity contribution >= 4 is 5.91 Å². The van der Waals surface area contributed by atoms with Crippen LogP contribution in [0.1, 0.15) is 31.2 Å². The van der Waals surface area contributed by atoms with Gasteiger partial charge < -0.3 is 11.1 Å². The van der Waals surface area contributed by atoms with Crippen molar-refractivity contribution in [2.75, 3.05) is 0 Å². The average Bonchev–Trinajstić information content (AvgIpc) is 3.18. The number of carbonyl (C=O) groups is 1. The molecule has 6 heteroatoms. The first-order valence-electron chi connectivity index (χ1n) is 7.68. The molecule has 116 valence electrons. The summed E-state index contributed by atoms with van der Waals surface area (Å²) in [4.78, 5) is 20.5. The number of imidazole rings is 1. The fourth-order valence-corrected chi connectivity index (χ4v) is 3.01. The highest BCUT2D eigenvalue weighted by Crippen LogP contribution is 2.26. The number of amides is 1. The molecule has 1 amide bonds. The van der Waals surface area contributed by atoms with Crippen LogP contribution < -0.4 is 11.1 Å². The van der Waals surface area contributed by atoms with Crippen LogP contribution >= 0.6 is 0 Å². The van der Waals surface area contributed by atoms with E-state index in [0.29, 0.717) is 18.9 Å². The summed E-state index contributed by atoms with van der Waals surface area (Å²) in [6.45, 7) is 0.460. The highest BCUT2D eigenvalue weighted by molar-refractivity contribution is 5.76. The molecule has 0 aliphatic heterocycles. The first-order valence-corrected chi connectivity index (χ1v) is 7.68. The van der Waals surface area contributed by atoms with Crippen LogP contribution in [-0.2, 0) is 11.3 Å². The van der Waals surface area contributed by atoms with Crippen LogP contribution in [0.4, 0.5) is 0 Å². The van der Waals surface area contributed by atoms with Gasteiger partial charge in [0.15, 0.2) is 0 Å². The maximum atomic E-state index is 12.1. The molecule has 2 heterocycles. The number of rotatable bonds is 5. The maximum absolute atomic E-state index is 12.1. The summed E-state index contributed by atoms with van der Waals surface area (Å²) in [6, 6.07) is 4.00. The molecule has 1 fully saturated rings. The van der Waals surface area contributed by atoms with Gasteiger partial charge in [-0.15, -0.1) is 0 Å². The summed E-state index contributed by atoms with van der Waals surface area (Å²) < 4.78 is 1.84. The van der Waals surface area contributed by atoms with Gasteiger partial charge in [-0.1, -0.05) is 12.5 Å². The minimum Gasteiger partial charge on any atom is -0.352 e. The van der Waals surface area contributed by atoms with Crippen LogP contribution in [0.3, 0.4) is 0 Å². The van der Waals surface area contributed by atoms with Crippen LogP contribution in [0.15, 0.2) is 37.1 Å². The molecule has 6 nitrogen and oxygen atoms in total. The Kier molecular flexibility index (Phi) is 4.48. The minimum absolute atomic E-state index is 0.0581. The Hall–Kier alpha value is -2.21. The zero-order valence-corrected chi connectivity index (χ0v) is 12.5. The summed E-state index contributed by atoms with van der Waals surface area (Å²) in [7, 11) is 0. The standard InChI is InChI=1S/C16H21N5O/c17-14-5-1-3-12(14)9-15(22)20-10-13-4-2-6-19-16(13)21-8-7-18-11-21/h2,4,6-8,11-12,14H,1,3,5,9-10,17H2,(H,20,22)/t12-,14+/m0/s1. The van der Waals surface area contributed by atoms with E-state index in [0.717, 1.165) is 30.6 Å². The molecule has 22 heavy (non-hydrogen) atoms. The lowest BCUT2D eigenvalue weighted by molar-refractivity contribution is -0.122. The van der Waals surface area contributed by atoms with Gasteiger partial charge in [0.2, 0.25) is 5.91 Å². The fourth-order valence-electron chi connectivity index (χ4n) is 3.01. The van der Waals surface area contributed by atoms with Crippen LogP contribution in [0, 0.1) is 5.92 Å². The minimum atomic E-state index is 0.0581. The van der Waals surface area contributed by atoms with Crippen molar-refractivity contribution in [1.29, 1.82) is 0 Å². The molecule has 0 aromatic carbocycles. The van der Waals surface area contributed by atoms with E-state index in [4.69, 9.17) is 5.73 Å². The van der Waals surface area contributed by atoms with E-state index in [9.17, 15) is 4.79 Å². The van der Waals surface area contributed by atoms with E-state index in [1.807, 2.05) is 22.9 Å². The number of hydrogen-bond donors (Lipinski definition) is 2. The predicted molar refractivity (Wildman–Crippen MR) is 83.1 cm³/mol. The van der Waals surface area contributed by atoms with Crippen molar-refractivity contribution in [2.45, 2.75) is 38.3 Å². The second-order valence-electron chi connectivity index (χ2n) is 5.79. The van der Waals surface area contributed by atoms with Gasteiger partial charge in [-0.3, -0.25) is 9.36 Å². The van der Waals surface area contributed by atoms with Crippen molar-refractivity contribution in [1.82, 2.24) is 19.9 Å². The molecule has 1 aliphatic rings. The lowest BCUT2D eigenvalue weighted by atomic mass is 10.00. The molecule has 0 spiro atoms. The van der Waals surface area contributed by atoms with Gasteiger partial charge >= 0.3 is 0 Å². The van der Waals surface area contributed by atoms with Gasteiger partial charge in [0, 0.05) is 43.2 Å². The van der Waals surface area contributed by atoms with Crippen LogP contribution in [0.25, 0.3) is 5.82 Å². The molecule has 2 aromatic heterocycles. The van der Waals surface area contributed by atoms with Gasteiger partial charge in [0.1, 0.15) is 12.1 Å². The van der Waals surface area contributed by atoms with Gasteiger partial charge in [-0.2, -0.15) is 0 Å². The number of hydrogen-bond acceptors (Lipinski definition) is 4. The van der Waals surface area contributed by atoms with E-state index in [-0.39, 0.29) is 11.9 Å². The van der Waals surface area contributed by atoms with E-state index < -0.39 is 0 Å². The van der Waals surface area contributed by atoms with Crippen molar-refractivity contribution < 1.29 is 4.79 Å². The Labute approximate surface area is 129 Å². The number of nitrogens with zero attached hydrogens (tertiary/aromatic N) is 3. The van der Waals surface area contributed by atoms with Gasteiger partial charge in [0.25, 0.3) is 0 Å². The molecule has 3 N–H and O–H groups in total. The van der Waals surface area contributed by atoms with Gasteiger partial charge in [-0.05, 0) is 24.8 Å². The first kappa shape index (κ1) is 14.7. The van der Waals surface area contributed by atoms with Crippen LogP contribution in [0.5, 0.6) is 0 Å². The molecule has 0 unspecified atom stereocenters. The topological polar surface area (TPSA) is 85.8 Å². The summed E-state index contributed by atoms with van der Waals surface area (Å²) in [6.07, 6.45) is 10.7. The molecule has 1 aliphatic carbocycles. The highest BCUT2D eigenvalue weighted by atomic mass is 16.1. The second kappa shape index (κ2) is 6.70. The van der Waals surface area contributed by atoms with Crippen LogP contribution in [0.2, 0.25) is 0 Å². The maximum Gasteiger partial charge on any atom is 0.220 e. The van der Waals surface area contributed by atoms with Crippen molar-refractivity contribution in [3.8, 4) is 5.82 Å². The third-order valence-electron chi connectivity index (χ3n) is 4.26. The number of aromatic nitrogens is 3. The van der Waals surface area contributed by atoms with Gasteiger partial charge in [0.05, 0.1) is 0 Å². The predicted octanol–water partition coefficient (Wildman–Crippen LogP) is 1.40. The largest absolute Gasteiger partial charge is 0.352 e. The Bertz CT molecular complexity index is 625. The normalized spacial score (nSPS) is 21.0. The first-order chi connectivity index (χ1) is 10.7. The molecule has 2 atom stereocenters. The molecule has 1 saturated carbocycles. The van der Waals surface area contributed by atoms with Crippen molar-refractivity contribution in [3.63, 3.8) is 0 Å². The highest BCUT2D eigenvalue weighted by Gasteiger charge is 2.25. The number of nitrogens with one attached hydrogen (secondary N) is 1. The molecule has 0 saturated heterocycles. The smallest absolute Gasteiger partial charge is 0.220 e.